The number of rotatable bonds is 8. The van der Waals surface area contributed by atoms with Crippen molar-refractivity contribution in [1.29, 1.82) is 0 Å². The molecule has 3 aromatic rings. The molecular formula is C23H21FN2O5S. The summed E-state index contributed by atoms with van der Waals surface area (Å²) in [6, 6.07) is 18.5. The van der Waals surface area contributed by atoms with E-state index in [1.807, 2.05) is 6.07 Å². The van der Waals surface area contributed by atoms with E-state index in [1.165, 1.54) is 36.4 Å². The predicted octanol–water partition coefficient (Wildman–Crippen LogP) is 3.41. The molecule has 2 N–H and O–H groups in total. The Morgan fingerprint density at radius 1 is 0.969 bits per heavy atom. The van der Waals surface area contributed by atoms with Crippen LogP contribution >= 0.6 is 0 Å². The average Bonchev–Trinajstić information content (AvgIpc) is 2.79. The smallest absolute Gasteiger partial charge is 0.338 e. The van der Waals surface area contributed by atoms with Crippen LogP contribution in [0.2, 0.25) is 0 Å². The van der Waals surface area contributed by atoms with Gasteiger partial charge in [-0.1, -0.05) is 42.5 Å². The molecule has 9 heteroatoms. The number of hydrogen-bond donors (Lipinski definition) is 2. The maximum absolute atomic E-state index is 13.6. The van der Waals surface area contributed by atoms with Gasteiger partial charge in [-0.2, -0.15) is 0 Å². The number of ether oxygens (including phenoxy) is 1. The minimum atomic E-state index is -3.87. The van der Waals surface area contributed by atoms with E-state index in [2.05, 4.69) is 10.0 Å². The predicted molar refractivity (Wildman–Crippen MR) is 117 cm³/mol. The van der Waals surface area contributed by atoms with E-state index >= 15 is 0 Å². The third kappa shape index (κ3) is 6.22. The Morgan fingerprint density at radius 2 is 1.72 bits per heavy atom. The summed E-state index contributed by atoms with van der Waals surface area (Å²) in [7, 11) is -3.87. The normalized spacial score (nSPS) is 11.1. The highest BCUT2D eigenvalue weighted by Gasteiger charge is 2.17. The fraction of sp³-hybridized carbons (Fsp3) is 0.130. The van der Waals surface area contributed by atoms with Crippen molar-refractivity contribution in [3.8, 4) is 0 Å². The Hall–Kier alpha value is -3.56. The first-order chi connectivity index (χ1) is 15.2. The van der Waals surface area contributed by atoms with Crippen LogP contribution in [0.4, 0.5) is 10.1 Å². The number of amides is 1. The van der Waals surface area contributed by atoms with E-state index in [0.29, 0.717) is 5.56 Å². The molecule has 0 saturated carbocycles. The molecule has 32 heavy (non-hydrogen) atoms. The molecule has 1 amide bonds. The van der Waals surface area contributed by atoms with Gasteiger partial charge in [0.25, 0.3) is 5.91 Å². The average molecular weight is 456 g/mol. The Labute approximate surface area is 185 Å². The quantitative estimate of drug-likeness (QED) is 0.506. The van der Waals surface area contributed by atoms with Gasteiger partial charge in [0.15, 0.2) is 6.61 Å². The highest BCUT2D eigenvalue weighted by atomic mass is 32.2. The SMILES string of the molecule is Cc1ccc(NC(=O)COC(=O)c2cccc(S(=O)(=O)NCc3ccccc3)c2)cc1F. The number of carbonyl (C=O) groups excluding carboxylic acids is 2. The standard InChI is InChI=1S/C23H21FN2O5S/c1-16-10-11-19(13-21(16)24)26-22(27)15-31-23(28)18-8-5-9-20(12-18)32(29,30)25-14-17-6-3-2-4-7-17/h2-13,25H,14-15H2,1H3,(H,26,27). The Balaban J connectivity index is 1.59. The molecule has 0 fully saturated rings. The van der Waals surface area contributed by atoms with Crippen LogP contribution in [0.25, 0.3) is 0 Å². The van der Waals surface area contributed by atoms with E-state index in [4.69, 9.17) is 4.74 Å². The summed E-state index contributed by atoms with van der Waals surface area (Å²) in [5, 5.41) is 2.42. The zero-order valence-electron chi connectivity index (χ0n) is 17.2. The second-order valence-electron chi connectivity index (χ2n) is 6.93. The van der Waals surface area contributed by atoms with Crippen molar-refractivity contribution < 1.29 is 27.1 Å². The molecule has 0 unspecified atom stereocenters. The van der Waals surface area contributed by atoms with E-state index in [0.717, 1.165) is 11.6 Å². The van der Waals surface area contributed by atoms with Crippen LogP contribution in [0.5, 0.6) is 0 Å². The summed E-state index contributed by atoms with van der Waals surface area (Å²) in [6.07, 6.45) is 0. The fourth-order valence-electron chi connectivity index (χ4n) is 2.73. The van der Waals surface area contributed by atoms with Crippen LogP contribution in [0.1, 0.15) is 21.5 Å². The molecule has 0 aliphatic carbocycles. The molecule has 0 atom stereocenters. The molecule has 0 aliphatic rings. The first-order valence-corrected chi connectivity index (χ1v) is 11.1. The number of esters is 1. The van der Waals surface area contributed by atoms with Gasteiger partial charge in [-0.05, 0) is 48.4 Å². The number of aryl methyl sites for hydroxylation is 1. The minimum Gasteiger partial charge on any atom is -0.452 e. The summed E-state index contributed by atoms with van der Waals surface area (Å²) in [4.78, 5) is 24.1. The Morgan fingerprint density at radius 3 is 2.44 bits per heavy atom. The van der Waals surface area contributed by atoms with E-state index in [1.54, 1.807) is 31.2 Å². The van der Waals surface area contributed by atoms with Crippen molar-refractivity contribution in [3.05, 3.63) is 95.3 Å². The highest BCUT2D eigenvalue weighted by molar-refractivity contribution is 7.89. The number of halogens is 1. The second kappa shape index (κ2) is 10.2. The van der Waals surface area contributed by atoms with Gasteiger partial charge in [0.05, 0.1) is 10.5 Å². The van der Waals surface area contributed by atoms with Gasteiger partial charge in [0.2, 0.25) is 10.0 Å². The van der Waals surface area contributed by atoms with Crippen molar-refractivity contribution in [2.75, 3.05) is 11.9 Å². The van der Waals surface area contributed by atoms with Crippen LogP contribution < -0.4 is 10.0 Å². The second-order valence-corrected chi connectivity index (χ2v) is 8.69. The molecule has 166 valence electrons. The van der Waals surface area contributed by atoms with Gasteiger partial charge in [-0.25, -0.2) is 22.3 Å². The Bertz CT molecular complexity index is 1230. The summed E-state index contributed by atoms with van der Waals surface area (Å²) in [5.41, 5.74) is 1.42. The number of benzene rings is 3. The van der Waals surface area contributed by atoms with Gasteiger partial charge in [-0.3, -0.25) is 4.79 Å². The fourth-order valence-corrected chi connectivity index (χ4v) is 3.79. The molecule has 0 bridgehead atoms. The highest BCUT2D eigenvalue weighted by Crippen LogP contribution is 2.15. The molecule has 0 radical (unpaired) electrons. The van der Waals surface area contributed by atoms with E-state index in [-0.39, 0.29) is 22.7 Å². The van der Waals surface area contributed by atoms with E-state index < -0.39 is 34.3 Å². The van der Waals surface area contributed by atoms with Crippen molar-refractivity contribution in [2.45, 2.75) is 18.4 Å². The minimum absolute atomic E-state index is 0.0261. The number of anilines is 1. The maximum atomic E-state index is 13.6. The van der Waals surface area contributed by atoms with E-state index in [9.17, 15) is 22.4 Å². The summed E-state index contributed by atoms with van der Waals surface area (Å²) < 4.78 is 46.1. The molecule has 7 nitrogen and oxygen atoms in total. The largest absolute Gasteiger partial charge is 0.452 e. The van der Waals surface area contributed by atoms with Crippen LogP contribution in [0.3, 0.4) is 0 Å². The van der Waals surface area contributed by atoms with Gasteiger partial charge < -0.3 is 10.1 Å². The zero-order valence-corrected chi connectivity index (χ0v) is 18.0. The molecule has 0 spiro atoms. The van der Waals surface area contributed by atoms with Crippen molar-refractivity contribution in [1.82, 2.24) is 4.72 Å². The lowest BCUT2D eigenvalue weighted by Crippen LogP contribution is -2.24. The number of hydrogen-bond acceptors (Lipinski definition) is 5. The summed E-state index contributed by atoms with van der Waals surface area (Å²) in [6.45, 7) is 1.07. The van der Waals surface area contributed by atoms with Gasteiger partial charge in [0, 0.05) is 12.2 Å². The monoisotopic (exact) mass is 456 g/mol. The van der Waals surface area contributed by atoms with Crippen molar-refractivity contribution in [3.63, 3.8) is 0 Å². The molecular weight excluding hydrogens is 435 g/mol. The molecule has 0 saturated heterocycles. The van der Waals surface area contributed by atoms with Gasteiger partial charge in [-0.15, -0.1) is 0 Å². The van der Waals surface area contributed by atoms with Crippen LogP contribution in [0, 0.1) is 12.7 Å². The maximum Gasteiger partial charge on any atom is 0.338 e. The summed E-state index contributed by atoms with van der Waals surface area (Å²) >= 11 is 0. The van der Waals surface area contributed by atoms with Crippen LogP contribution in [0.15, 0.2) is 77.7 Å². The lowest BCUT2D eigenvalue weighted by molar-refractivity contribution is -0.119. The van der Waals surface area contributed by atoms with Crippen molar-refractivity contribution >= 4 is 27.6 Å². The summed E-state index contributed by atoms with van der Waals surface area (Å²) in [5.74, 6) is -2.00. The molecule has 3 aromatic carbocycles. The lowest BCUT2D eigenvalue weighted by atomic mass is 10.2. The third-order valence-electron chi connectivity index (χ3n) is 4.48. The zero-order chi connectivity index (χ0) is 23.1. The molecule has 0 heterocycles. The molecule has 3 rings (SSSR count). The first-order valence-electron chi connectivity index (χ1n) is 9.61. The Kier molecular flexibility index (Phi) is 7.34. The van der Waals surface area contributed by atoms with Gasteiger partial charge in [0.1, 0.15) is 5.82 Å². The third-order valence-corrected chi connectivity index (χ3v) is 5.88. The van der Waals surface area contributed by atoms with Gasteiger partial charge >= 0.3 is 5.97 Å². The number of carbonyl (C=O) groups is 2. The topological polar surface area (TPSA) is 102 Å². The number of nitrogens with one attached hydrogen (secondary N) is 2. The van der Waals surface area contributed by atoms with Crippen molar-refractivity contribution in [2.24, 2.45) is 0 Å². The molecule has 0 aliphatic heterocycles. The van der Waals surface area contributed by atoms with Crippen LogP contribution in [-0.2, 0) is 26.1 Å². The first kappa shape index (κ1) is 23.1. The van der Waals surface area contributed by atoms with Crippen LogP contribution in [-0.4, -0.2) is 26.9 Å². The lowest BCUT2D eigenvalue weighted by Gasteiger charge is -2.09. The number of sulfonamides is 1. The molecule has 0 aromatic heterocycles.